The van der Waals surface area contributed by atoms with Gasteiger partial charge in [-0.15, -0.1) is 11.3 Å². The number of para-hydroxylation sites is 2. The maximum atomic E-state index is 6.13. The van der Waals surface area contributed by atoms with E-state index in [0.29, 0.717) is 6.61 Å². The molecule has 1 aromatic heterocycles. The van der Waals surface area contributed by atoms with E-state index >= 15 is 0 Å². The second-order valence-electron chi connectivity index (χ2n) is 5.18. The number of thiazole rings is 1. The summed E-state index contributed by atoms with van der Waals surface area (Å²) in [7, 11) is 1.63. The second-order valence-corrected chi connectivity index (χ2v) is 6.27. The first kappa shape index (κ1) is 14.8. The third kappa shape index (κ3) is 3.29. The maximum Gasteiger partial charge on any atom is 0.161 e. The molecule has 0 aliphatic carbocycles. The van der Waals surface area contributed by atoms with Crippen molar-refractivity contribution in [1.29, 1.82) is 0 Å². The van der Waals surface area contributed by atoms with Crippen LogP contribution in [0.25, 0.3) is 0 Å². The van der Waals surface area contributed by atoms with Crippen molar-refractivity contribution >= 4 is 11.3 Å². The van der Waals surface area contributed by atoms with Gasteiger partial charge in [0.25, 0.3) is 0 Å². The Morgan fingerprint density at radius 3 is 2.45 bits per heavy atom. The van der Waals surface area contributed by atoms with Gasteiger partial charge in [-0.05, 0) is 32.9 Å². The van der Waals surface area contributed by atoms with E-state index < -0.39 is 0 Å². The minimum absolute atomic E-state index is 0.371. The van der Waals surface area contributed by atoms with Gasteiger partial charge < -0.3 is 15.2 Å². The molecule has 20 heavy (non-hydrogen) atoms. The van der Waals surface area contributed by atoms with Crippen molar-refractivity contribution in [1.82, 2.24) is 4.98 Å². The maximum absolute atomic E-state index is 6.13. The quantitative estimate of drug-likeness (QED) is 0.919. The van der Waals surface area contributed by atoms with Crippen LogP contribution in [-0.2, 0) is 12.1 Å². The summed E-state index contributed by atoms with van der Waals surface area (Å²) in [5.74, 6) is 1.44. The molecule has 0 unspecified atom stereocenters. The predicted molar refractivity (Wildman–Crippen MR) is 81.4 cm³/mol. The van der Waals surface area contributed by atoms with Crippen LogP contribution in [0, 0.1) is 6.92 Å². The van der Waals surface area contributed by atoms with Gasteiger partial charge in [0.15, 0.2) is 11.5 Å². The zero-order valence-corrected chi connectivity index (χ0v) is 13.1. The molecule has 2 aromatic rings. The van der Waals surface area contributed by atoms with E-state index in [2.05, 4.69) is 4.98 Å². The fraction of sp³-hybridized carbons (Fsp3) is 0.400. The normalized spacial score (nSPS) is 11.4. The molecule has 4 nitrogen and oxygen atoms in total. The molecule has 0 spiro atoms. The number of ether oxygens (including phenoxy) is 2. The zero-order valence-electron chi connectivity index (χ0n) is 12.3. The van der Waals surface area contributed by atoms with Crippen molar-refractivity contribution in [3.63, 3.8) is 0 Å². The lowest BCUT2D eigenvalue weighted by molar-refractivity contribution is 0.284. The number of methoxy groups -OCH3 is 1. The van der Waals surface area contributed by atoms with Crippen LogP contribution in [0.1, 0.15) is 29.4 Å². The molecule has 0 saturated carbocycles. The lowest BCUT2D eigenvalue weighted by Crippen LogP contribution is -2.28. The predicted octanol–water partition coefficient (Wildman–Crippen LogP) is 3.23. The standard InChI is InChI=1S/C15H20N2O2S/c1-10-14(15(2,3)16)20-13(17-10)9-19-12-8-6-5-7-11(12)18-4/h5-8H,9,16H2,1-4H3. The van der Waals surface area contributed by atoms with Crippen LogP contribution in [0.3, 0.4) is 0 Å². The second kappa shape index (κ2) is 5.81. The summed E-state index contributed by atoms with van der Waals surface area (Å²) in [6.45, 7) is 6.37. The number of benzene rings is 1. The smallest absolute Gasteiger partial charge is 0.161 e. The molecule has 0 bridgehead atoms. The Kier molecular flexibility index (Phi) is 4.30. The van der Waals surface area contributed by atoms with E-state index in [1.165, 1.54) is 0 Å². The summed E-state index contributed by atoms with van der Waals surface area (Å²) in [5, 5.41) is 0.918. The van der Waals surface area contributed by atoms with Crippen molar-refractivity contribution < 1.29 is 9.47 Å². The summed E-state index contributed by atoms with van der Waals surface area (Å²) < 4.78 is 11.0. The van der Waals surface area contributed by atoms with Crippen molar-refractivity contribution in [2.75, 3.05) is 7.11 Å². The lowest BCUT2D eigenvalue weighted by atomic mass is 10.0. The summed E-state index contributed by atoms with van der Waals surface area (Å²) >= 11 is 1.60. The highest BCUT2D eigenvalue weighted by Crippen LogP contribution is 2.30. The zero-order chi connectivity index (χ0) is 14.8. The Morgan fingerprint density at radius 2 is 1.90 bits per heavy atom. The van der Waals surface area contributed by atoms with Crippen molar-refractivity contribution in [2.45, 2.75) is 32.9 Å². The molecule has 2 rings (SSSR count). The molecule has 1 heterocycles. The largest absolute Gasteiger partial charge is 0.493 e. The number of hydrogen-bond donors (Lipinski definition) is 1. The average molecular weight is 292 g/mol. The SMILES string of the molecule is COc1ccccc1OCc1nc(C)c(C(C)(C)N)s1. The van der Waals surface area contributed by atoms with Gasteiger partial charge >= 0.3 is 0 Å². The molecule has 0 fully saturated rings. The average Bonchev–Trinajstić information content (AvgIpc) is 2.78. The highest BCUT2D eigenvalue weighted by atomic mass is 32.1. The van der Waals surface area contributed by atoms with E-state index in [0.717, 1.165) is 27.1 Å². The topological polar surface area (TPSA) is 57.4 Å². The van der Waals surface area contributed by atoms with Crippen LogP contribution < -0.4 is 15.2 Å². The van der Waals surface area contributed by atoms with Gasteiger partial charge in [-0.1, -0.05) is 12.1 Å². The molecule has 0 saturated heterocycles. The first-order valence-electron chi connectivity index (χ1n) is 6.43. The number of nitrogens with zero attached hydrogens (tertiary/aromatic N) is 1. The Morgan fingerprint density at radius 1 is 1.25 bits per heavy atom. The molecule has 0 amide bonds. The fourth-order valence-corrected chi connectivity index (χ4v) is 2.98. The number of aryl methyl sites for hydroxylation is 1. The van der Waals surface area contributed by atoms with Gasteiger partial charge in [-0.25, -0.2) is 4.98 Å². The third-order valence-corrected chi connectivity index (χ3v) is 4.32. The molecule has 0 radical (unpaired) electrons. The van der Waals surface area contributed by atoms with Crippen molar-refractivity contribution in [2.24, 2.45) is 5.73 Å². The van der Waals surface area contributed by atoms with E-state index in [1.54, 1.807) is 18.4 Å². The van der Waals surface area contributed by atoms with E-state index in [1.807, 2.05) is 45.0 Å². The Bertz CT molecular complexity index is 588. The van der Waals surface area contributed by atoms with E-state index in [9.17, 15) is 0 Å². The molecule has 0 atom stereocenters. The van der Waals surface area contributed by atoms with Gasteiger partial charge in [0.1, 0.15) is 11.6 Å². The first-order chi connectivity index (χ1) is 9.41. The fourth-order valence-electron chi connectivity index (χ4n) is 1.99. The van der Waals surface area contributed by atoms with Gasteiger partial charge in [0, 0.05) is 10.4 Å². The summed E-state index contributed by atoms with van der Waals surface area (Å²) in [6.07, 6.45) is 0. The minimum Gasteiger partial charge on any atom is -0.493 e. The number of aromatic nitrogens is 1. The molecule has 0 aliphatic rings. The number of nitrogens with two attached hydrogens (primary N) is 1. The molecule has 5 heteroatoms. The number of rotatable bonds is 5. The van der Waals surface area contributed by atoms with Gasteiger partial charge in [0.2, 0.25) is 0 Å². The summed E-state index contributed by atoms with van der Waals surface area (Å²) in [5.41, 5.74) is 6.74. The highest BCUT2D eigenvalue weighted by Gasteiger charge is 2.21. The Hall–Kier alpha value is -1.59. The monoisotopic (exact) mass is 292 g/mol. The van der Waals surface area contributed by atoms with Crippen LogP contribution in [0.2, 0.25) is 0 Å². The Labute approximate surface area is 123 Å². The van der Waals surface area contributed by atoms with Crippen LogP contribution in [-0.4, -0.2) is 12.1 Å². The summed E-state index contributed by atoms with van der Waals surface area (Å²) in [4.78, 5) is 5.61. The molecule has 1 aromatic carbocycles. The van der Waals surface area contributed by atoms with Gasteiger partial charge in [-0.3, -0.25) is 0 Å². The lowest BCUT2D eigenvalue weighted by Gasteiger charge is -2.16. The van der Waals surface area contributed by atoms with Gasteiger partial charge in [0.05, 0.1) is 12.8 Å². The van der Waals surface area contributed by atoms with Crippen molar-refractivity contribution in [3.8, 4) is 11.5 Å². The van der Waals surface area contributed by atoms with E-state index in [-0.39, 0.29) is 5.54 Å². The molecular weight excluding hydrogens is 272 g/mol. The van der Waals surface area contributed by atoms with E-state index in [4.69, 9.17) is 15.2 Å². The minimum atomic E-state index is -0.371. The van der Waals surface area contributed by atoms with Crippen LogP contribution >= 0.6 is 11.3 Å². The highest BCUT2D eigenvalue weighted by molar-refractivity contribution is 7.11. The van der Waals surface area contributed by atoms with Crippen LogP contribution in [0.4, 0.5) is 0 Å². The summed E-state index contributed by atoms with van der Waals surface area (Å²) in [6, 6.07) is 7.58. The number of hydrogen-bond acceptors (Lipinski definition) is 5. The molecule has 2 N–H and O–H groups in total. The molecule has 0 aliphatic heterocycles. The van der Waals surface area contributed by atoms with Crippen LogP contribution in [0.15, 0.2) is 24.3 Å². The first-order valence-corrected chi connectivity index (χ1v) is 7.25. The molecular formula is C15H20N2O2S. The Balaban J connectivity index is 2.12. The van der Waals surface area contributed by atoms with Gasteiger partial charge in [-0.2, -0.15) is 0 Å². The van der Waals surface area contributed by atoms with Crippen molar-refractivity contribution in [3.05, 3.63) is 39.8 Å². The molecule has 108 valence electrons. The van der Waals surface area contributed by atoms with Crippen LogP contribution in [0.5, 0.6) is 11.5 Å². The third-order valence-electron chi connectivity index (χ3n) is 2.85.